The summed E-state index contributed by atoms with van der Waals surface area (Å²) in [4.78, 5) is 12.9. The first kappa shape index (κ1) is 20.7. The van der Waals surface area contributed by atoms with Gasteiger partial charge in [-0.2, -0.15) is 9.78 Å². The first-order valence-corrected chi connectivity index (χ1v) is 9.71. The Morgan fingerprint density at radius 3 is 2.75 bits per heavy atom. The Morgan fingerprint density at radius 2 is 2.06 bits per heavy atom. The molecule has 1 amide bonds. The summed E-state index contributed by atoms with van der Waals surface area (Å²) >= 11 is 0. The second kappa shape index (κ2) is 9.08. The van der Waals surface area contributed by atoms with Crippen LogP contribution in [0.2, 0.25) is 0 Å². The van der Waals surface area contributed by atoms with Gasteiger partial charge >= 0.3 is 0 Å². The number of nitrogens with zero attached hydrogens (tertiary/aromatic N) is 6. The highest BCUT2D eigenvalue weighted by Crippen LogP contribution is 2.28. The highest BCUT2D eigenvalue weighted by molar-refractivity contribution is 5.98. The number of hydrogen-bond donors (Lipinski definition) is 2. The molecular formula is C21H20N8O3. The molecule has 4 rings (SSSR count). The second-order valence-electron chi connectivity index (χ2n) is 6.70. The highest BCUT2D eigenvalue weighted by Gasteiger charge is 2.25. The van der Waals surface area contributed by atoms with Gasteiger partial charge in [-0.25, -0.2) is 10.1 Å². The number of nitrogens with two attached hydrogens (primary N) is 1. The van der Waals surface area contributed by atoms with E-state index in [1.807, 2.05) is 24.3 Å². The minimum absolute atomic E-state index is 0.000416. The maximum absolute atomic E-state index is 12.9. The smallest absolute Gasteiger partial charge is 0.294 e. The number of methoxy groups -OCH3 is 1. The van der Waals surface area contributed by atoms with E-state index >= 15 is 0 Å². The lowest BCUT2D eigenvalue weighted by molar-refractivity contribution is 0.0950. The fourth-order valence-electron chi connectivity index (χ4n) is 3.01. The Hall–Kier alpha value is -4.54. The van der Waals surface area contributed by atoms with Crippen LogP contribution in [-0.2, 0) is 6.42 Å². The lowest BCUT2D eigenvalue weighted by Crippen LogP contribution is -2.19. The van der Waals surface area contributed by atoms with Gasteiger partial charge in [0, 0.05) is 5.56 Å². The van der Waals surface area contributed by atoms with Crippen molar-refractivity contribution in [1.29, 1.82) is 0 Å². The predicted molar refractivity (Wildman–Crippen MR) is 116 cm³/mol. The molecule has 0 aliphatic heterocycles. The zero-order chi connectivity index (χ0) is 22.5. The summed E-state index contributed by atoms with van der Waals surface area (Å²) in [5.41, 5.74) is 11.3. The van der Waals surface area contributed by atoms with Gasteiger partial charge in [0.1, 0.15) is 11.4 Å². The summed E-state index contributed by atoms with van der Waals surface area (Å²) in [5.74, 6) is 0.125. The second-order valence-corrected chi connectivity index (χ2v) is 6.70. The summed E-state index contributed by atoms with van der Waals surface area (Å²) in [6.07, 6.45) is 2.49. The number of hydrogen-bond acceptors (Lipinski definition) is 9. The number of amides is 1. The van der Waals surface area contributed by atoms with Gasteiger partial charge in [0.25, 0.3) is 5.91 Å². The van der Waals surface area contributed by atoms with Crippen LogP contribution in [-0.4, -0.2) is 44.5 Å². The van der Waals surface area contributed by atoms with Gasteiger partial charge in [0.05, 0.1) is 13.3 Å². The molecule has 0 bridgehead atoms. The minimum atomic E-state index is -0.564. The van der Waals surface area contributed by atoms with E-state index in [0.717, 1.165) is 12.0 Å². The third-order valence-electron chi connectivity index (χ3n) is 4.69. The van der Waals surface area contributed by atoms with Gasteiger partial charge in [-0.3, -0.25) is 4.79 Å². The molecule has 4 aromatic rings. The molecule has 11 nitrogen and oxygen atoms in total. The number of anilines is 1. The summed E-state index contributed by atoms with van der Waals surface area (Å²) in [7, 11) is 1.55. The Morgan fingerprint density at radius 1 is 1.25 bits per heavy atom. The number of nitrogen functional groups attached to an aromatic ring is 1. The zero-order valence-corrected chi connectivity index (χ0v) is 17.4. The number of aromatic nitrogens is 5. The van der Waals surface area contributed by atoms with Crippen LogP contribution in [0.15, 0.2) is 58.3 Å². The number of nitrogens with one attached hydrogen (secondary N) is 1. The van der Waals surface area contributed by atoms with E-state index in [9.17, 15) is 4.79 Å². The number of rotatable bonds is 7. The molecule has 32 heavy (non-hydrogen) atoms. The van der Waals surface area contributed by atoms with Crippen LogP contribution in [0.3, 0.4) is 0 Å². The summed E-state index contributed by atoms with van der Waals surface area (Å²) in [5, 5.41) is 19.4. The third kappa shape index (κ3) is 4.17. The van der Waals surface area contributed by atoms with Gasteiger partial charge in [-0.15, -0.1) is 5.10 Å². The maximum Gasteiger partial charge on any atom is 0.294 e. The molecule has 0 aliphatic rings. The molecule has 2 heterocycles. The van der Waals surface area contributed by atoms with E-state index in [-0.39, 0.29) is 17.3 Å². The molecule has 0 saturated heterocycles. The van der Waals surface area contributed by atoms with Crippen molar-refractivity contribution in [1.82, 2.24) is 30.7 Å². The largest absolute Gasteiger partial charge is 0.497 e. The fourth-order valence-corrected chi connectivity index (χ4v) is 3.01. The van der Waals surface area contributed by atoms with E-state index in [2.05, 4.69) is 42.7 Å². The van der Waals surface area contributed by atoms with Crippen molar-refractivity contribution in [2.45, 2.75) is 13.3 Å². The van der Waals surface area contributed by atoms with E-state index in [1.165, 1.54) is 10.2 Å². The molecule has 0 saturated carbocycles. The molecule has 162 valence electrons. The van der Waals surface area contributed by atoms with Crippen molar-refractivity contribution in [2.24, 2.45) is 5.10 Å². The molecule has 0 fully saturated rings. The van der Waals surface area contributed by atoms with Gasteiger partial charge < -0.3 is 10.5 Å². The average molecular weight is 432 g/mol. The molecule has 0 spiro atoms. The quantitative estimate of drug-likeness (QED) is 0.334. The van der Waals surface area contributed by atoms with Crippen molar-refractivity contribution >= 4 is 17.9 Å². The van der Waals surface area contributed by atoms with Crippen LogP contribution in [0.4, 0.5) is 5.82 Å². The number of hydrazone groups is 1. The lowest BCUT2D eigenvalue weighted by Gasteiger charge is -2.07. The summed E-state index contributed by atoms with van der Waals surface area (Å²) < 4.78 is 11.2. The molecule has 0 aliphatic carbocycles. The molecule has 3 N–H and O–H groups in total. The standard InChI is InChI=1S/C21H20N8O3/c1-3-13-7-9-14(10-8-13)12-23-25-21(30)17-18(15-5-4-6-16(11-15)31-2)29(28-24-17)20-19(22)26-32-27-20/h4-12H,3H2,1-2H3,(H2,22,26)(H,25,30)/b23-12+. The SMILES string of the molecule is CCc1ccc(/C=N/NC(=O)c2nnn(-c3nonc3N)c2-c2cccc(OC)c2)cc1. The molecule has 2 aromatic carbocycles. The van der Waals surface area contributed by atoms with E-state index in [0.29, 0.717) is 17.0 Å². The van der Waals surface area contributed by atoms with Crippen molar-refractivity contribution in [3.8, 4) is 22.8 Å². The Kier molecular flexibility index (Phi) is 5.88. The monoisotopic (exact) mass is 432 g/mol. The van der Waals surface area contributed by atoms with Crippen LogP contribution in [0.5, 0.6) is 5.75 Å². The maximum atomic E-state index is 12.9. The van der Waals surface area contributed by atoms with Crippen LogP contribution in [0.25, 0.3) is 17.1 Å². The van der Waals surface area contributed by atoms with Crippen LogP contribution in [0, 0.1) is 0 Å². The number of aryl methyl sites for hydroxylation is 1. The van der Waals surface area contributed by atoms with Crippen molar-refractivity contribution in [3.63, 3.8) is 0 Å². The molecule has 0 unspecified atom stereocenters. The minimum Gasteiger partial charge on any atom is -0.497 e. The number of carbonyl (C=O) groups is 1. The number of ether oxygens (including phenoxy) is 1. The van der Waals surface area contributed by atoms with Crippen molar-refractivity contribution in [2.75, 3.05) is 12.8 Å². The van der Waals surface area contributed by atoms with Gasteiger partial charge in [0.2, 0.25) is 11.6 Å². The van der Waals surface area contributed by atoms with Crippen LogP contribution in [0.1, 0.15) is 28.5 Å². The van der Waals surface area contributed by atoms with E-state index in [4.69, 9.17) is 10.5 Å². The molecule has 0 radical (unpaired) electrons. The van der Waals surface area contributed by atoms with Crippen molar-refractivity contribution in [3.05, 3.63) is 65.4 Å². The molecular weight excluding hydrogens is 412 g/mol. The fraction of sp³-hybridized carbons (Fsp3) is 0.143. The van der Waals surface area contributed by atoms with Crippen LogP contribution < -0.4 is 15.9 Å². The molecule has 0 atom stereocenters. The van der Waals surface area contributed by atoms with Crippen molar-refractivity contribution < 1.29 is 14.2 Å². The first-order valence-electron chi connectivity index (χ1n) is 9.71. The molecule has 11 heteroatoms. The normalized spacial score (nSPS) is 11.1. The van der Waals surface area contributed by atoms with E-state index < -0.39 is 5.91 Å². The Labute approximate surface area is 182 Å². The third-order valence-corrected chi connectivity index (χ3v) is 4.69. The first-order chi connectivity index (χ1) is 15.6. The molecule has 2 aromatic heterocycles. The van der Waals surface area contributed by atoms with E-state index in [1.54, 1.807) is 37.6 Å². The van der Waals surface area contributed by atoms with Gasteiger partial charge in [-0.05, 0) is 40.0 Å². The Bertz CT molecular complexity index is 1260. The number of benzene rings is 2. The number of carbonyl (C=O) groups excluding carboxylic acids is 1. The zero-order valence-electron chi connectivity index (χ0n) is 17.4. The highest BCUT2D eigenvalue weighted by atomic mass is 16.6. The summed E-state index contributed by atoms with van der Waals surface area (Å²) in [6.45, 7) is 2.08. The topological polar surface area (TPSA) is 146 Å². The average Bonchev–Trinajstić information content (AvgIpc) is 3.45. The van der Waals surface area contributed by atoms with Crippen LogP contribution >= 0.6 is 0 Å². The lowest BCUT2D eigenvalue weighted by atomic mass is 10.1. The Balaban J connectivity index is 1.67. The van der Waals surface area contributed by atoms with Gasteiger partial charge in [0.15, 0.2) is 5.69 Å². The predicted octanol–water partition coefficient (Wildman–Crippen LogP) is 2.23. The van der Waals surface area contributed by atoms with Gasteiger partial charge in [-0.1, -0.05) is 48.5 Å². The summed E-state index contributed by atoms with van der Waals surface area (Å²) in [6, 6.07) is 14.9.